The maximum Gasteiger partial charge on any atom is 0.321 e. The van der Waals surface area contributed by atoms with E-state index in [0.717, 1.165) is 11.3 Å². The molecule has 0 aromatic heterocycles. The van der Waals surface area contributed by atoms with Gasteiger partial charge in [0.15, 0.2) is 0 Å². The predicted octanol–water partition coefficient (Wildman–Crippen LogP) is 2.39. The molecule has 6 heteroatoms. The van der Waals surface area contributed by atoms with E-state index in [1.54, 1.807) is 6.92 Å². The average molecular weight is 335 g/mol. The molecule has 2 N–H and O–H groups in total. The van der Waals surface area contributed by atoms with Crippen molar-refractivity contribution in [3.63, 3.8) is 0 Å². The van der Waals surface area contributed by atoms with Crippen LogP contribution in [0.2, 0.25) is 0 Å². The summed E-state index contributed by atoms with van der Waals surface area (Å²) in [6.07, 6.45) is 0. The summed E-state index contributed by atoms with van der Waals surface area (Å²) in [7, 11) is 1.85. The van der Waals surface area contributed by atoms with Gasteiger partial charge in [-0.1, -0.05) is 26.0 Å². The number of ether oxygens (including phenoxy) is 1. The van der Waals surface area contributed by atoms with E-state index in [0.29, 0.717) is 25.6 Å². The Morgan fingerprint density at radius 1 is 1.17 bits per heavy atom. The standard InChI is InChI=1S/C18H29N3O3/c1-6-24-16-9-7-15(8-10-16)12-21(5)14(4)17(22)20-18(23)19-11-13(2)3/h7-10,13-14H,6,11-12H2,1-5H3,(H2,19,20,22,23). The molecule has 3 amide bonds. The molecule has 0 aliphatic heterocycles. The van der Waals surface area contributed by atoms with Gasteiger partial charge in [-0.3, -0.25) is 15.0 Å². The molecule has 0 saturated heterocycles. The van der Waals surface area contributed by atoms with Crippen molar-refractivity contribution < 1.29 is 14.3 Å². The Morgan fingerprint density at radius 2 is 1.79 bits per heavy atom. The van der Waals surface area contributed by atoms with Gasteiger partial charge in [-0.15, -0.1) is 0 Å². The maximum absolute atomic E-state index is 12.1. The fraction of sp³-hybridized carbons (Fsp3) is 0.556. The fourth-order valence-corrected chi connectivity index (χ4v) is 2.04. The van der Waals surface area contributed by atoms with Crippen molar-refractivity contribution in [2.75, 3.05) is 20.2 Å². The summed E-state index contributed by atoms with van der Waals surface area (Å²) in [6.45, 7) is 9.49. The van der Waals surface area contributed by atoms with Gasteiger partial charge in [0.25, 0.3) is 0 Å². The molecule has 1 aromatic rings. The molecule has 0 saturated carbocycles. The van der Waals surface area contributed by atoms with Gasteiger partial charge in [-0.05, 0) is 44.5 Å². The summed E-state index contributed by atoms with van der Waals surface area (Å²) < 4.78 is 5.41. The Balaban J connectivity index is 2.49. The quantitative estimate of drug-likeness (QED) is 0.765. The smallest absolute Gasteiger partial charge is 0.321 e. The van der Waals surface area contributed by atoms with Crippen molar-refractivity contribution in [3.8, 4) is 5.75 Å². The third-order valence-electron chi connectivity index (χ3n) is 3.61. The van der Waals surface area contributed by atoms with E-state index in [2.05, 4.69) is 10.6 Å². The summed E-state index contributed by atoms with van der Waals surface area (Å²) in [6, 6.07) is 6.91. The van der Waals surface area contributed by atoms with E-state index in [1.807, 2.05) is 57.0 Å². The molecule has 0 fully saturated rings. The molecule has 0 spiro atoms. The molecule has 1 aromatic carbocycles. The van der Waals surface area contributed by atoms with Crippen molar-refractivity contribution >= 4 is 11.9 Å². The Labute approximate surface area is 144 Å². The number of benzene rings is 1. The summed E-state index contributed by atoms with van der Waals surface area (Å²) >= 11 is 0. The lowest BCUT2D eigenvalue weighted by Gasteiger charge is -2.23. The lowest BCUT2D eigenvalue weighted by atomic mass is 10.2. The van der Waals surface area contributed by atoms with Crippen LogP contribution in [-0.2, 0) is 11.3 Å². The summed E-state index contributed by atoms with van der Waals surface area (Å²) in [5.74, 6) is 0.854. The Hall–Kier alpha value is -2.08. The van der Waals surface area contributed by atoms with Gasteiger partial charge in [0, 0.05) is 13.1 Å². The average Bonchev–Trinajstić information content (AvgIpc) is 2.54. The minimum atomic E-state index is -0.449. The van der Waals surface area contributed by atoms with Crippen LogP contribution in [0.3, 0.4) is 0 Å². The van der Waals surface area contributed by atoms with E-state index in [-0.39, 0.29) is 5.91 Å². The highest BCUT2D eigenvalue weighted by atomic mass is 16.5. The monoisotopic (exact) mass is 335 g/mol. The zero-order chi connectivity index (χ0) is 18.1. The number of nitrogens with one attached hydrogen (secondary N) is 2. The highest BCUT2D eigenvalue weighted by molar-refractivity contribution is 5.96. The number of rotatable bonds is 8. The van der Waals surface area contributed by atoms with Gasteiger partial charge >= 0.3 is 6.03 Å². The first-order valence-electron chi connectivity index (χ1n) is 8.34. The maximum atomic E-state index is 12.1. The highest BCUT2D eigenvalue weighted by Gasteiger charge is 2.20. The van der Waals surface area contributed by atoms with E-state index in [1.165, 1.54) is 0 Å². The molecule has 0 bridgehead atoms. The zero-order valence-electron chi connectivity index (χ0n) is 15.3. The van der Waals surface area contributed by atoms with Crippen molar-refractivity contribution in [3.05, 3.63) is 29.8 Å². The number of likely N-dealkylation sites (N-methyl/N-ethyl adjacent to an activating group) is 1. The van der Waals surface area contributed by atoms with E-state index in [4.69, 9.17) is 4.74 Å². The van der Waals surface area contributed by atoms with Crippen molar-refractivity contribution in [2.45, 2.75) is 40.3 Å². The number of nitrogens with zero attached hydrogens (tertiary/aromatic N) is 1. The van der Waals surface area contributed by atoms with Crippen molar-refractivity contribution in [2.24, 2.45) is 5.92 Å². The second-order valence-electron chi connectivity index (χ2n) is 6.26. The summed E-state index contributed by atoms with van der Waals surface area (Å²) in [5, 5.41) is 5.05. The minimum absolute atomic E-state index is 0.315. The summed E-state index contributed by atoms with van der Waals surface area (Å²) in [5.41, 5.74) is 1.07. The molecule has 0 radical (unpaired) electrons. The Kier molecular flexibility index (Phi) is 8.26. The predicted molar refractivity (Wildman–Crippen MR) is 94.9 cm³/mol. The number of amides is 3. The van der Waals surface area contributed by atoms with Gasteiger partial charge in [0.1, 0.15) is 5.75 Å². The summed E-state index contributed by atoms with van der Waals surface area (Å²) in [4.78, 5) is 25.7. The molecule has 134 valence electrons. The van der Waals surface area contributed by atoms with Crippen LogP contribution in [0.15, 0.2) is 24.3 Å². The topological polar surface area (TPSA) is 70.7 Å². The number of carbonyl (C=O) groups excluding carboxylic acids is 2. The van der Waals surface area contributed by atoms with Crippen molar-refractivity contribution in [1.29, 1.82) is 0 Å². The van der Waals surface area contributed by atoms with Crippen LogP contribution >= 0.6 is 0 Å². The second-order valence-corrected chi connectivity index (χ2v) is 6.26. The van der Waals surface area contributed by atoms with E-state index >= 15 is 0 Å². The van der Waals surface area contributed by atoms with Gasteiger partial charge in [-0.2, -0.15) is 0 Å². The Bertz CT molecular complexity index is 529. The number of urea groups is 1. The molecule has 0 heterocycles. The minimum Gasteiger partial charge on any atom is -0.494 e. The first kappa shape index (κ1) is 20.0. The molecule has 0 aliphatic carbocycles. The van der Waals surface area contributed by atoms with Crippen LogP contribution in [0, 0.1) is 5.92 Å². The molecule has 1 rings (SSSR count). The molecular weight excluding hydrogens is 306 g/mol. The number of hydrogen-bond acceptors (Lipinski definition) is 4. The lowest BCUT2D eigenvalue weighted by molar-refractivity contribution is -0.124. The highest BCUT2D eigenvalue weighted by Crippen LogP contribution is 2.14. The largest absolute Gasteiger partial charge is 0.494 e. The molecule has 1 unspecified atom stereocenters. The van der Waals surface area contributed by atoms with Crippen LogP contribution in [0.25, 0.3) is 0 Å². The van der Waals surface area contributed by atoms with E-state index in [9.17, 15) is 9.59 Å². The SMILES string of the molecule is CCOc1ccc(CN(C)C(C)C(=O)NC(=O)NCC(C)C)cc1. The molecule has 24 heavy (non-hydrogen) atoms. The first-order valence-corrected chi connectivity index (χ1v) is 8.34. The van der Waals surface area contributed by atoms with Crippen LogP contribution < -0.4 is 15.4 Å². The number of hydrogen-bond donors (Lipinski definition) is 2. The molecule has 6 nitrogen and oxygen atoms in total. The normalized spacial score (nSPS) is 12.1. The molecular formula is C18H29N3O3. The zero-order valence-corrected chi connectivity index (χ0v) is 15.3. The second kappa shape index (κ2) is 9.93. The fourth-order valence-electron chi connectivity index (χ4n) is 2.04. The third-order valence-corrected chi connectivity index (χ3v) is 3.61. The third kappa shape index (κ3) is 7.00. The van der Waals surface area contributed by atoms with Crippen LogP contribution in [0.5, 0.6) is 5.75 Å². The van der Waals surface area contributed by atoms with Crippen molar-refractivity contribution in [1.82, 2.24) is 15.5 Å². The molecule has 1 atom stereocenters. The van der Waals surface area contributed by atoms with Gasteiger partial charge < -0.3 is 10.1 Å². The van der Waals surface area contributed by atoms with E-state index < -0.39 is 12.1 Å². The lowest BCUT2D eigenvalue weighted by Crippen LogP contribution is -2.48. The van der Waals surface area contributed by atoms with Gasteiger partial charge in [-0.25, -0.2) is 4.79 Å². The van der Waals surface area contributed by atoms with Gasteiger partial charge in [0.2, 0.25) is 5.91 Å². The number of carbonyl (C=O) groups is 2. The number of imide groups is 1. The first-order chi connectivity index (χ1) is 11.3. The Morgan fingerprint density at radius 3 is 2.33 bits per heavy atom. The molecule has 0 aliphatic rings. The van der Waals surface area contributed by atoms with Crippen LogP contribution in [-0.4, -0.2) is 43.1 Å². The van der Waals surface area contributed by atoms with Crippen LogP contribution in [0.4, 0.5) is 4.79 Å². The van der Waals surface area contributed by atoms with Crippen LogP contribution in [0.1, 0.15) is 33.3 Å². The van der Waals surface area contributed by atoms with Gasteiger partial charge in [0.05, 0.1) is 12.6 Å².